The Bertz CT molecular complexity index is 476. The summed E-state index contributed by atoms with van der Waals surface area (Å²) in [6.45, 7) is 8.09. The van der Waals surface area contributed by atoms with E-state index in [0.29, 0.717) is 16.6 Å². The highest BCUT2D eigenvalue weighted by Crippen LogP contribution is 2.32. The molecule has 0 aliphatic carbocycles. The molecule has 5 heteroatoms. The molecule has 0 spiro atoms. The molecule has 1 aliphatic heterocycles. The topological polar surface area (TPSA) is 32.5 Å². The minimum absolute atomic E-state index is 0.143. The van der Waals surface area contributed by atoms with Gasteiger partial charge in [-0.05, 0) is 38.6 Å². The van der Waals surface area contributed by atoms with Gasteiger partial charge in [-0.2, -0.15) is 0 Å². The van der Waals surface area contributed by atoms with Crippen molar-refractivity contribution in [2.24, 2.45) is 5.73 Å². The van der Waals surface area contributed by atoms with Gasteiger partial charge in [-0.25, -0.2) is 0 Å². The van der Waals surface area contributed by atoms with Gasteiger partial charge >= 0.3 is 0 Å². The van der Waals surface area contributed by atoms with Crippen LogP contribution in [0, 0.1) is 0 Å². The van der Waals surface area contributed by atoms with Crippen LogP contribution in [0.4, 0.5) is 0 Å². The van der Waals surface area contributed by atoms with Gasteiger partial charge in [0.2, 0.25) is 0 Å². The van der Waals surface area contributed by atoms with Gasteiger partial charge in [0.1, 0.15) is 0 Å². The largest absolute Gasteiger partial charge is 0.329 e. The first-order chi connectivity index (χ1) is 9.35. The lowest BCUT2D eigenvalue weighted by molar-refractivity contribution is 0.0180. The number of nitrogens with zero attached hydrogens (tertiary/aromatic N) is 2. The Kier molecular flexibility index (Phi) is 4.98. The number of hydrogen-bond donors (Lipinski definition) is 1. The van der Waals surface area contributed by atoms with E-state index in [1.807, 2.05) is 12.1 Å². The molecule has 2 N–H and O–H groups in total. The molecule has 0 saturated carbocycles. The zero-order valence-corrected chi connectivity index (χ0v) is 13.9. The summed E-state index contributed by atoms with van der Waals surface area (Å²) in [5.74, 6) is 0. The van der Waals surface area contributed by atoms with Gasteiger partial charge in [0, 0.05) is 47.8 Å². The Morgan fingerprint density at radius 3 is 2.55 bits per heavy atom. The summed E-state index contributed by atoms with van der Waals surface area (Å²) in [5, 5.41) is 1.36. The van der Waals surface area contributed by atoms with Crippen molar-refractivity contribution < 1.29 is 0 Å². The minimum Gasteiger partial charge on any atom is -0.329 e. The second kappa shape index (κ2) is 6.20. The molecule has 1 heterocycles. The van der Waals surface area contributed by atoms with Crippen LogP contribution in [0.3, 0.4) is 0 Å². The lowest BCUT2D eigenvalue weighted by Gasteiger charge is -2.48. The Hall–Kier alpha value is -0.320. The highest BCUT2D eigenvalue weighted by Gasteiger charge is 2.34. The number of halogens is 2. The van der Waals surface area contributed by atoms with Crippen molar-refractivity contribution >= 4 is 23.2 Å². The molecular weight excluding hydrogens is 293 g/mol. The van der Waals surface area contributed by atoms with Crippen molar-refractivity contribution in [1.29, 1.82) is 0 Å². The Labute approximate surface area is 131 Å². The van der Waals surface area contributed by atoms with Crippen LogP contribution in [0.2, 0.25) is 10.0 Å². The summed E-state index contributed by atoms with van der Waals surface area (Å²) in [6.07, 6.45) is 0. The molecule has 1 aliphatic rings. The fourth-order valence-corrected chi connectivity index (χ4v) is 3.32. The Morgan fingerprint density at radius 1 is 1.30 bits per heavy atom. The van der Waals surface area contributed by atoms with Crippen LogP contribution >= 0.6 is 23.2 Å². The van der Waals surface area contributed by atoms with Gasteiger partial charge in [0.05, 0.1) is 0 Å². The number of piperazine rings is 1. The Morgan fingerprint density at radius 2 is 2.00 bits per heavy atom. The summed E-state index contributed by atoms with van der Waals surface area (Å²) in [6, 6.07) is 5.82. The molecule has 1 atom stereocenters. The first-order valence-electron chi connectivity index (χ1n) is 6.95. The van der Waals surface area contributed by atoms with Gasteiger partial charge in [-0.3, -0.25) is 9.80 Å². The Balaban J connectivity index is 2.24. The van der Waals surface area contributed by atoms with E-state index in [4.69, 9.17) is 28.9 Å². The van der Waals surface area contributed by atoms with E-state index >= 15 is 0 Å². The van der Waals surface area contributed by atoms with Crippen molar-refractivity contribution in [2.45, 2.75) is 25.4 Å². The molecule has 0 radical (unpaired) electrons. The van der Waals surface area contributed by atoms with Crippen molar-refractivity contribution in [3.63, 3.8) is 0 Å². The van der Waals surface area contributed by atoms with E-state index in [-0.39, 0.29) is 11.6 Å². The quantitative estimate of drug-likeness (QED) is 0.930. The first-order valence-corrected chi connectivity index (χ1v) is 7.71. The van der Waals surface area contributed by atoms with E-state index in [2.05, 4.69) is 30.7 Å². The third-order valence-electron chi connectivity index (χ3n) is 4.33. The number of benzene rings is 1. The SMILES string of the molecule is CN1CCN(C(CN)c2ccc(Cl)cc2Cl)CC1(C)C. The van der Waals surface area contributed by atoms with E-state index in [1.165, 1.54) is 0 Å². The maximum atomic E-state index is 6.34. The molecule has 20 heavy (non-hydrogen) atoms. The molecular formula is C15H23Cl2N3. The molecule has 1 aromatic carbocycles. The highest BCUT2D eigenvalue weighted by molar-refractivity contribution is 6.35. The number of rotatable bonds is 3. The maximum absolute atomic E-state index is 6.34. The summed E-state index contributed by atoms with van der Waals surface area (Å²) < 4.78 is 0. The summed E-state index contributed by atoms with van der Waals surface area (Å²) in [5.41, 5.74) is 7.23. The van der Waals surface area contributed by atoms with Gasteiger partial charge in [0.25, 0.3) is 0 Å². The van der Waals surface area contributed by atoms with Crippen molar-refractivity contribution in [1.82, 2.24) is 9.80 Å². The normalized spacial score (nSPS) is 21.9. The number of likely N-dealkylation sites (N-methyl/N-ethyl adjacent to an activating group) is 1. The molecule has 0 amide bonds. The van der Waals surface area contributed by atoms with Crippen LogP contribution < -0.4 is 5.73 Å². The van der Waals surface area contributed by atoms with Crippen molar-refractivity contribution in [2.75, 3.05) is 33.2 Å². The maximum Gasteiger partial charge on any atom is 0.0486 e. The summed E-state index contributed by atoms with van der Waals surface area (Å²) >= 11 is 12.3. The predicted octanol–water partition coefficient (Wildman–Crippen LogP) is 3.02. The average molecular weight is 316 g/mol. The second-order valence-electron chi connectivity index (χ2n) is 6.12. The predicted molar refractivity (Wildman–Crippen MR) is 86.5 cm³/mol. The van der Waals surface area contributed by atoms with Crippen molar-refractivity contribution in [3.8, 4) is 0 Å². The van der Waals surface area contributed by atoms with E-state index < -0.39 is 0 Å². The fourth-order valence-electron chi connectivity index (χ4n) is 2.79. The first kappa shape index (κ1) is 16.1. The molecule has 2 rings (SSSR count). The second-order valence-corrected chi connectivity index (χ2v) is 6.97. The molecule has 3 nitrogen and oxygen atoms in total. The highest BCUT2D eigenvalue weighted by atomic mass is 35.5. The molecule has 1 fully saturated rings. The lowest BCUT2D eigenvalue weighted by Crippen LogP contribution is -2.58. The monoisotopic (exact) mass is 315 g/mol. The van der Waals surface area contributed by atoms with Crippen LogP contribution in [-0.4, -0.2) is 48.6 Å². The molecule has 0 bridgehead atoms. The van der Waals surface area contributed by atoms with Crippen LogP contribution in [-0.2, 0) is 0 Å². The molecule has 1 aromatic rings. The molecule has 1 saturated heterocycles. The van der Waals surface area contributed by atoms with Crippen LogP contribution in [0.15, 0.2) is 18.2 Å². The van der Waals surface area contributed by atoms with Gasteiger partial charge in [-0.1, -0.05) is 29.3 Å². The summed E-state index contributed by atoms with van der Waals surface area (Å²) in [7, 11) is 2.17. The molecule has 0 aromatic heterocycles. The number of hydrogen-bond acceptors (Lipinski definition) is 3. The van der Waals surface area contributed by atoms with Crippen LogP contribution in [0.1, 0.15) is 25.5 Å². The third-order valence-corrected chi connectivity index (χ3v) is 4.89. The van der Waals surface area contributed by atoms with E-state index in [1.54, 1.807) is 6.07 Å². The summed E-state index contributed by atoms with van der Waals surface area (Å²) in [4.78, 5) is 4.82. The molecule has 112 valence electrons. The van der Waals surface area contributed by atoms with E-state index in [9.17, 15) is 0 Å². The van der Waals surface area contributed by atoms with Gasteiger partial charge in [0.15, 0.2) is 0 Å². The zero-order valence-electron chi connectivity index (χ0n) is 12.4. The zero-order chi connectivity index (χ0) is 14.9. The third kappa shape index (κ3) is 3.29. The molecule has 1 unspecified atom stereocenters. The van der Waals surface area contributed by atoms with E-state index in [0.717, 1.165) is 25.2 Å². The van der Waals surface area contributed by atoms with Crippen LogP contribution in [0.25, 0.3) is 0 Å². The standard InChI is InChI=1S/C15H23Cl2N3/c1-15(2)10-20(7-6-19(15)3)14(9-18)12-5-4-11(16)8-13(12)17/h4-5,8,14H,6-7,9-10,18H2,1-3H3. The number of nitrogens with two attached hydrogens (primary N) is 1. The van der Waals surface area contributed by atoms with Crippen LogP contribution in [0.5, 0.6) is 0 Å². The van der Waals surface area contributed by atoms with Gasteiger partial charge < -0.3 is 5.73 Å². The fraction of sp³-hybridized carbons (Fsp3) is 0.600. The smallest absolute Gasteiger partial charge is 0.0486 e. The average Bonchev–Trinajstić information content (AvgIpc) is 2.36. The van der Waals surface area contributed by atoms with Gasteiger partial charge in [-0.15, -0.1) is 0 Å². The lowest BCUT2D eigenvalue weighted by atomic mass is 9.96. The minimum atomic E-state index is 0.143. The van der Waals surface area contributed by atoms with Crippen molar-refractivity contribution in [3.05, 3.63) is 33.8 Å².